The van der Waals surface area contributed by atoms with Crippen molar-refractivity contribution in [2.45, 2.75) is 37.2 Å². The van der Waals surface area contributed by atoms with Gasteiger partial charge < -0.3 is 4.90 Å². The van der Waals surface area contributed by atoms with E-state index in [4.69, 9.17) is 0 Å². The van der Waals surface area contributed by atoms with Crippen molar-refractivity contribution in [2.24, 2.45) is 0 Å². The van der Waals surface area contributed by atoms with E-state index in [1.165, 1.54) is 7.05 Å². The van der Waals surface area contributed by atoms with E-state index in [1.54, 1.807) is 23.2 Å². The van der Waals surface area contributed by atoms with Gasteiger partial charge in [-0.05, 0) is 43.5 Å². The van der Waals surface area contributed by atoms with Gasteiger partial charge in [0.2, 0.25) is 10.0 Å². The smallest absolute Gasteiger partial charge is 0.257 e. The molecule has 0 bridgehead atoms. The fourth-order valence-electron chi connectivity index (χ4n) is 3.72. The van der Waals surface area contributed by atoms with Crippen LogP contribution in [0, 0.1) is 0 Å². The molecule has 0 saturated carbocycles. The average molecular weight is 360 g/mol. The second-order valence-corrected chi connectivity index (χ2v) is 8.26. The van der Waals surface area contributed by atoms with Crippen molar-refractivity contribution in [3.63, 3.8) is 0 Å². The monoisotopic (exact) mass is 360 g/mol. The Labute approximate surface area is 146 Å². The predicted molar refractivity (Wildman–Crippen MR) is 91.7 cm³/mol. The fraction of sp³-hybridized carbons (Fsp3) is 0.412. The summed E-state index contributed by atoms with van der Waals surface area (Å²) >= 11 is 0. The third-order valence-corrected chi connectivity index (χ3v) is 6.53. The molecule has 0 unspecified atom stereocenters. The standard InChI is InChI=1S/C17H20N4O3S/c1-18-25(23,24)16-6-2-4-12-11-20(9-7-13(12)16)17(22)14-10-19-21-8-3-5-15(14)21/h2,4,6,10,18H,3,5,7-9,11H2,1H3. The van der Waals surface area contributed by atoms with Crippen molar-refractivity contribution in [3.8, 4) is 0 Å². The lowest BCUT2D eigenvalue weighted by molar-refractivity contribution is 0.0733. The molecule has 8 heteroatoms. The zero-order chi connectivity index (χ0) is 17.6. The number of aryl methyl sites for hydroxylation is 1. The van der Waals surface area contributed by atoms with Crippen molar-refractivity contribution in [1.29, 1.82) is 0 Å². The minimum Gasteiger partial charge on any atom is -0.334 e. The highest BCUT2D eigenvalue weighted by atomic mass is 32.2. The molecule has 0 saturated heterocycles. The molecule has 2 aliphatic rings. The Morgan fingerprint density at radius 1 is 1.24 bits per heavy atom. The lowest BCUT2D eigenvalue weighted by Crippen LogP contribution is -2.37. The van der Waals surface area contributed by atoms with Gasteiger partial charge in [-0.3, -0.25) is 9.48 Å². The van der Waals surface area contributed by atoms with Crippen LogP contribution in [-0.4, -0.2) is 42.6 Å². The molecule has 1 N–H and O–H groups in total. The number of hydrogen-bond donors (Lipinski definition) is 1. The van der Waals surface area contributed by atoms with E-state index in [2.05, 4.69) is 9.82 Å². The Balaban J connectivity index is 1.63. The van der Waals surface area contributed by atoms with Gasteiger partial charge >= 0.3 is 0 Å². The number of carbonyl (C=O) groups excluding carboxylic acids is 1. The molecule has 2 aliphatic heterocycles. The zero-order valence-electron chi connectivity index (χ0n) is 14.0. The number of fused-ring (bicyclic) bond motifs is 2. The maximum absolute atomic E-state index is 12.9. The summed E-state index contributed by atoms with van der Waals surface area (Å²) in [7, 11) is -2.08. The summed E-state index contributed by atoms with van der Waals surface area (Å²) in [5.41, 5.74) is 3.39. The summed E-state index contributed by atoms with van der Waals surface area (Å²) < 4.78 is 28.7. The second kappa shape index (κ2) is 5.96. The summed E-state index contributed by atoms with van der Waals surface area (Å²) in [6.07, 6.45) is 4.10. The van der Waals surface area contributed by atoms with Crippen LogP contribution in [-0.2, 0) is 36.0 Å². The third kappa shape index (κ3) is 2.65. The first-order valence-corrected chi connectivity index (χ1v) is 9.88. The fourth-order valence-corrected chi connectivity index (χ4v) is 4.76. The number of benzene rings is 1. The van der Waals surface area contributed by atoms with E-state index < -0.39 is 10.0 Å². The van der Waals surface area contributed by atoms with Gasteiger partial charge in [0.05, 0.1) is 22.3 Å². The molecular formula is C17H20N4O3S. The molecule has 0 aliphatic carbocycles. The zero-order valence-corrected chi connectivity index (χ0v) is 14.8. The normalized spacial score (nSPS) is 16.6. The first-order chi connectivity index (χ1) is 12.0. The Kier molecular flexibility index (Phi) is 3.88. The van der Waals surface area contributed by atoms with E-state index in [-0.39, 0.29) is 5.91 Å². The summed E-state index contributed by atoms with van der Waals surface area (Å²) in [5, 5.41) is 4.30. The Morgan fingerprint density at radius 3 is 2.88 bits per heavy atom. The highest BCUT2D eigenvalue weighted by Gasteiger charge is 2.29. The molecule has 0 radical (unpaired) electrons. The van der Waals surface area contributed by atoms with E-state index >= 15 is 0 Å². The topological polar surface area (TPSA) is 84.3 Å². The lowest BCUT2D eigenvalue weighted by atomic mass is 9.99. The minimum absolute atomic E-state index is 0.0179. The molecular weight excluding hydrogens is 340 g/mol. The van der Waals surface area contributed by atoms with Crippen molar-refractivity contribution in [3.05, 3.63) is 46.8 Å². The molecule has 0 fully saturated rings. The maximum Gasteiger partial charge on any atom is 0.257 e. The highest BCUT2D eigenvalue weighted by Crippen LogP contribution is 2.27. The number of carbonyl (C=O) groups is 1. The van der Waals surface area contributed by atoms with E-state index in [0.29, 0.717) is 30.0 Å². The van der Waals surface area contributed by atoms with Crippen molar-refractivity contribution in [1.82, 2.24) is 19.4 Å². The second-order valence-electron chi connectivity index (χ2n) is 6.41. The molecule has 0 spiro atoms. The minimum atomic E-state index is -3.50. The molecule has 1 aromatic heterocycles. The SMILES string of the molecule is CNS(=O)(=O)c1cccc2c1CCN(C(=O)c1cnn3c1CCC3)C2. The van der Waals surface area contributed by atoms with Gasteiger partial charge in [-0.15, -0.1) is 0 Å². The van der Waals surface area contributed by atoms with E-state index in [1.807, 2.05) is 10.7 Å². The lowest BCUT2D eigenvalue weighted by Gasteiger charge is -2.30. The first kappa shape index (κ1) is 16.3. The van der Waals surface area contributed by atoms with Crippen LogP contribution in [0.25, 0.3) is 0 Å². The molecule has 2 aromatic rings. The highest BCUT2D eigenvalue weighted by molar-refractivity contribution is 7.89. The van der Waals surface area contributed by atoms with Gasteiger partial charge in [-0.2, -0.15) is 5.10 Å². The summed E-state index contributed by atoms with van der Waals surface area (Å²) in [6, 6.07) is 5.24. The van der Waals surface area contributed by atoms with Crippen molar-refractivity contribution in [2.75, 3.05) is 13.6 Å². The van der Waals surface area contributed by atoms with Crippen LogP contribution < -0.4 is 4.72 Å². The van der Waals surface area contributed by atoms with Crippen LogP contribution in [0.3, 0.4) is 0 Å². The molecule has 1 aromatic carbocycles. The molecule has 7 nitrogen and oxygen atoms in total. The van der Waals surface area contributed by atoms with E-state index in [9.17, 15) is 13.2 Å². The summed E-state index contributed by atoms with van der Waals surface area (Å²) in [6.45, 7) is 1.80. The van der Waals surface area contributed by atoms with Crippen molar-refractivity contribution >= 4 is 15.9 Å². The van der Waals surface area contributed by atoms with Crippen LogP contribution >= 0.6 is 0 Å². The number of hydrogen-bond acceptors (Lipinski definition) is 4. The number of nitrogens with one attached hydrogen (secondary N) is 1. The summed E-state index contributed by atoms with van der Waals surface area (Å²) in [4.78, 5) is 15.0. The van der Waals surface area contributed by atoms with Gasteiger partial charge in [0.25, 0.3) is 5.91 Å². The van der Waals surface area contributed by atoms with Gasteiger partial charge in [-0.25, -0.2) is 13.1 Å². The van der Waals surface area contributed by atoms with Crippen LogP contribution in [0.4, 0.5) is 0 Å². The number of rotatable bonds is 3. The van der Waals surface area contributed by atoms with Crippen LogP contribution in [0.15, 0.2) is 29.3 Å². The van der Waals surface area contributed by atoms with Gasteiger partial charge in [0.1, 0.15) is 0 Å². The maximum atomic E-state index is 12.9. The van der Waals surface area contributed by atoms with E-state index in [0.717, 1.165) is 36.2 Å². The average Bonchev–Trinajstić information content (AvgIpc) is 3.23. The molecule has 25 heavy (non-hydrogen) atoms. The molecule has 132 valence electrons. The molecule has 1 amide bonds. The van der Waals surface area contributed by atoms with Crippen molar-refractivity contribution < 1.29 is 13.2 Å². The Bertz CT molecular complexity index is 949. The van der Waals surface area contributed by atoms with Crippen LogP contribution in [0.2, 0.25) is 0 Å². The number of sulfonamides is 1. The largest absolute Gasteiger partial charge is 0.334 e. The molecule has 4 rings (SSSR count). The molecule has 3 heterocycles. The van der Waals surface area contributed by atoms with Gasteiger partial charge in [0.15, 0.2) is 0 Å². The Morgan fingerprint density at radius 2 is 2.08 bits per heavy atom. The van der Waals surface area contributed by atoms with Gasteiger partial charge in [0, 0.05) is 19.6 Å². The third-order valence-electron chi connectivity index (χ3n) is 5.03. The number of aromatic nitrogens is 2. The quantitative estimate of drug-likeness (QED) is 0.883. The van der Waals surface area contributed by atoms with Gasteiger partial charge in [-0.1, -0.05) is 12.1 Å². The number of nitrogens with zero attached hydrogens (tertiary/aromatic N) is 3. The van der Waals surface area contributed by atoms with Crippen LogP contribution in [0.5, 0.6) is 0 Å². The van der Waals surface area contributed by atoms with Crippen LogP contribution in [0.1, 0.15) is 33.6 Å². The number of amides is 1. The Hall–Kier alpha value is -2.19. The summed E-state index contributed by atoms with van der Waals surface area (Å²) in [5.74, 6) is -0.0179. The predicted octanol–water partition coefficient (Wildman–Crippen LogP) is 0.936. The molecule has 0 atom stereocenters. The first-order valence-electron chi connectivity index (χ1n) is 8.39.